The maximum Gasteiger partial charge on any atom is 0.303 e. The molecule has 0 aromatic heterocycles. The van der Waals surface area contributed by atoms with Crippen molar-refractivity contribution in [1.82, 2.24) is 0 Å². The minimum atomic E-state index is -0.714. The second kappa shape index (κ2) is 16.7. The average Bonchev–Trinajstić information content (AvgIpc) is 3.08. The molecule has 52 heavy (non-hydrogen) atoms. The van der Waals surface area contributed by atoms with Crippen molar-refractivity contribution in [3.8, 4) is 0 Å². The Balaban J connectivity index is 1.13. The topological polar surface area (TPSA) is 57.5 Å². The molecule has 290 valence electrons. The summed E-state index contributed by atoms with van der Waals surface area (Å²) in [6.45, 7) is 17.9. The molecule has 0 radical (unpaired) electrons. The fourth-order valence-electron chi connectivity index (χ4n) is 12.8. The Morgan fingerprint density at radius 2 is 1.29 bits per heavy atom. The van der Waals surface area contributed by atoms with Gasteiger partial charge in [0.15, 0.2) is 0 Å². The molecular formula is C49H76O3. The molecule has 5 aliphatic carbocycles. The molecule has 5 aliphatic rings. The Morgan fingerprint density at radius 3 is 1.90 bits per heavy atom. The summed E-state index contributed by atoms with van der Waals surface area (Å²) in [7, 11) is 0. The molecule has 3 nitrogen and oxygen atoms in total. The predicted molar refractivity (Wildman–Crippen MR) is 220 cm³/mol. The minimum absolute atomic E-state index is 0.0138. The molecule has 0 spiro atoms. The van der Waals surface area contributed by atoms with Crippen LogP contribution in [0.15, 0.2) is 72.4 Å². The van der Waals surface area contributed by atoms with Gasteiger partial charge in [0.25, 0.3) is 0 Å². The fraction of sp³-hybridized carbons (Fsp3) is 0.735. The van der Waals surface area contributed by atoms with Crippen molar-refractivity contribution in [2.45, 2.75) is 177 Å². The first-order valence-corrected chi connectivity index (χ1v) is 21.5. The molecule has 0 unspecified atom stereocenters. The van der Waals surface area contributed by atoms with E-state index in [1.807, 2.05) is 5.57 Å². The van der Waals surface area contributed by atoms with Crippen LogP contribution < -0.4 is 0 Å². The molecule has 0 bridgehead atoms. The summed E-state index contributed by atoms with van der Waals surface area (Å²) in [5.74, 6) is 1.35. The highest BCUT2D eigenvalue weighted by atomic mass is 16.4. The van der Waals surface area contributed by atoms with E-state index in [0.29, 0.717) is 39.4 Å². The van der Waals surface area contributed by atoms with Crippen LogP contribution in [-0.4, -0.2) is 22.3 Å². The second-order valence-electron chi connectivity index (χ2n) is 20.1. The van der Waals surface area contributed by atoms with Crippen molar-refractivity contribution in [1.29, 1.82) is 0 Å². The summed E-state index contributed by atoms with van der Waals surface area (Å²) >= 11 is 0. The van der Waals surface area contributed by atoms with E-state index in [1.54, 1.807) is 0 Å². The highest BCUT2D eigenvalue weighted by Gasteiger charge is 2.68. The number of hydrogen-bond acceptors (Lipinski definition) is 2. The van der Waals surface area contributed by atoms with Gasteiger partial charge in [0.05, 0.1) is 6.10 Å². The zero-order valence-electron chi connectivity index (χ0n) is 34.4. The Kier molecular flexibility index (Phi) is 13.2. The third-order valence-electron chi connectivity index (χ3n) is 16.3. The van der Waals surface area contributed by atoms with Gasteiger partial charge in [0.2, 0.25) is 0 Å². The highest BCUT2D eigenvalue weighted by Crippen LogP contribution is 2.76. The van der Waals surface area contributed by atoms with Gasteiger partial charge in [-0.3, -0.25) is 4.79 Å². The fourth-order valence-corrected chi connectivity index (χ4v) is 12.8. The molecule has 4 fully saturated rings. The monoisotopic (exact) mass is 713 g/mol. The lowest BCUT2D eigenvalue weighted by Crippen LogP contribution is -2.64. The smallest absolute Gasteiger partial charge is 0.303 e. The third-order valence-corrected chi connectivity index (χ3v) is 16.3. The number of hydrogen-bond donors (Lipinski definition) is 2. The Morgan fingerprint density at radius 1 is 0.712 bits per heavy atom. The summed E-state index contributed by atoms with van der Waals surface area (Å²) < 4.78 is 0. The maximum atomic E-state index is 11.1. The second-order valence-corrected chi connectivity index (χ2v) is 20.1. The van der Waals surface area contributed by atoms with Crippen molar-refractivity contribution in [3.63, 3.8) is 0 Å². The first-order chi connectivity index (χ1) is 24.6. The summed E-state index contributed by atoms with van der Waals surface area (Å²) in [6.07, 6.45) is 46.4. The number of carbonyl (C=O) groups is 1. The molecule has 5 rings (SSSR count). The van der Waals surface area contributed by atoms with Crippen LogP contribution in [0.3, 0.4) is 0 Å². The van der Waals surface area contributed by atoms with Crippen LogP contribution in [-0.2, 0) is 4.79 Å². The molecule has 0 saturated heterocycles. The van der Waals surface area contributed by atoms with Gasteiger partial charge in [-0.15, -0.1) is 0 Å². The molecule has 0 aliphatic heterocycles. The van der Waals surface area contributed by atoms with Crippen LogP contribution in [0.25, 0.3) is 0 Å². The number of aliphatic hydroxyl groups excluding tert-OH is 1. The number of aliphatic hydroxyl groups is 1. The van der Waals surface area contributed by atoms with Gasteiger partial charge in [-0.05, 0) is 166 Å². The molecular weight excluding hydrogens is 637 g/mol. The van der Waals surface area contributed by atoms with Crippen molar-refractivity contribution >= 4 is 5.97 Å². The Labute approximate surface area is 319 Å². The molecule has 0 amide bonds. The first-order valence-electron chi connectivity index (χ1n) is 21.5. The van der Waals surface area contributed by atoms with Crippen LogP contribution in [0.5, 0.6) is 0 Å². The van der Waals surface area contributed by atoms with E-state index < -0.39 is 5.97 Å². The first kappa shape index (κ1) is 41.0. The van der Waals surface area contributed by atoms with Crippen molar-refractivity contribution in [2.75, 3.05) is 0 Å². The third kappa shape index (κ3) is 8.40. The van der Waals surface area contributed by atoms with Gasteiger partial charge in [-0.1, -0.05) is 121 Å². The zero-order valence-corrected chi connectivity index (χ0v) is 34.4. The van der Waals surface area contributed by atoms with Gasteiger partial charge < -0.3 is 10.2 Å². The van der Waals surface area contributed by atoms with Gasteiger partial charge in [0, 0.05) is 6.42 Å². The van der Waals surface area contributed by atoms with E-state index in [9.17, 15) is 9.90 Å². The summed E-state index contributed by atoms with van der Waals surface area (Å²) in [5.41, 5.74) is 3.72. The lowest BCUT2D eigenvalue weighted by molar-refractivity contribution is -0.203. The summed E-state index contributed by atoms with van der Waals surface area (Å²) in [6, 6.07) is 0. The quantitative estimate of drug-likeness (QED) is 0.131. The van der Waals surface area contributed by atoms with E-state index in [4.69, 9.17) is 5.11 Å². The number of carboxylic acids is 1. The van der Waals surface area contributed by atoms with Crippen molar-refractivity contribution in [3.05, 3.63) is 72.4 Å². The van der Waals surface area contributed by atoms with E-state index in [1.165, 1.54) is 70.6 Å². The van der Waals surface area contributed by atoms with E-state index >= 15 is 0 Å². The number of fused-ring (bicyclic) bond motifs is 7. The number of rotatable bonds is 15. The molecule has 0 aromatic carbocycles. The van der Waals surface area contributed by atoms with Gasteiger partial charge >= 0.3 is 5.97 Å². The Hall–Kier alpha value is -2.13. The molecule has 8 atom stereocenters. The van der Waals surface area contributed by atoms with Gasteiger partial charge in [0.1, 0.15) is 0 Å². The largest absolute Gasteiger partial charge is 0.481 e. The molecule has 4 saturated carbocycles. The highest BCUT2D eigenvalue weighted by molar-refractivity contribution is 5.66. The number of allylic oxidation sites excluding steroid dienone is 12. The van der Waals surface area contributed by atoms with Gasteiger partial charge in [-0.2, -0.15) is 0 Å². The number of carboxylic acid groups (broad SMARTS) is 1. The lowest BCUT2D eigenvalue weighted by atomic mass is 9.33. The lowest BCUT2D eigenvalue weighted by Gasteiger charge is -2.71. The average molecular weight is 713 g/mol. The normalized spacial score (nSPS) is 38.4. The van der Waals surface area contributed by atoms with Crippen LogP contribution in [0.1, 0.15) is 170 Å². The summed E-state index contributed by atoms with van der Waals surface area (Å²) in [5, 5.41) is 19.8. The maximum absolute atomic E-state index is 11.1. The van der Waals surface area contributed by atoms with E-state index in [-0.39, 0.29) is 17.9 Å². The summed E-state index contributed by atoms with van der Waals surface area (Å²) in [4.78, 5) is 10.5. The minimum Gasteiger partial charge on any atom is -0.481 e. The Bertz CT molecular complexity index is 1400. The molecule has 2 N–H and O–H groups in total. The number of unbranched alkanes of at least 4 members (excludes halogenated alkanes) is 1. The van der Waals surface area contributed by atoms with Crippen LogP contribution in [0.2, 0.25) is 0 Å². The molecule has 0 aromatic rings. The van der Waals surface area contributed by atoms with E-state index in [0.717, 1.165) is 50.4 Å². The molecule has 3 heteroatoms. The van der Waals surface area contributed by atoms with Crippen LogP contribution >= 0.6 is 0 Å². The van der Waals surface area contributed by atoms with E-state index in [2.05, 4.69) is 115 Å². The standard InChI is InChI=1S/C49H76O3/c1-44(2)33-35-49(30-24-22-20-18-16-14-12-10-8-9-11-13-15-17-19-21-23-25-43(51)52)36-34-47(6)38(39(49)37-44)26-27-41-46(5)31-29-42(50)45(3,4)40(46)28-32-48(41,47)7/h8,10-11,13-14,16-17,19-20,22,26,39-42,50H,9,12,15,18,21,23-25,27-37H2,1-7H3,(H,51,52)/b10-8+,13-11+,16-14+,19-17-,22-20+/t39-,40-,41+,42-,46-,47+,48+,49+/m0/s1. The van der Waals surface area contributed by atoms with Crippen molar-refractivity contribution < 1.29 is 15.0 Å². The van der Waals surface area contributed by atoms with Crippen LogP contribution in [0, 0.1) is 50.2 Å². The number of aliphatic carboxylic acids is 1. The predicted octanol–water partition coefficient (Wildman–Crippen LogP) is 13.5. The van der Waals surface area contributed by atoms with Crippen molar-refractivity contribution in [2.24, 2.45) is 50.2 Å². The van der Waals surface area contributed by atoms with Crippen LogP contribution in [0.4, 0.5) is 0 Å². The molecule has 0 heterocycles. The van der Waals surface area contributed by atoms with Gasteiger partial charge in [-0.25, -0.2) is 0 Å². The SMILES string of the molecule is CC1(C)CC[C@]2(CC/C=C/C/C=C/C/C=C/C/C=C/C/C=C\CCCC(=O)O)CC[C@]3(C)C(=CC[C@@H]4[C@@]5(C)CC[C@H](O)C(C)(C)[C@@H]5CC[C@]43C)[C@@H]2C1. The zero-order chi connectivity index (χ0) is 37.7.